The highest BCUT2D eigenvalue weighted by Gasteiger charge is 2.23. The van der Waals surface area contributed by atoms with E-state index in [9.17, 15) is 9.59 Å². The van der Waals surface area contributed by atoms with Crippen LogP contribution in [0.3, 0.4) is 0 Å². The molecule has 0 aromatic rings. The second-order valence-corrected chi connectivity index (χ2v) is 4.17. The molecule has 0 radical (unpaired) electrons. The molecule has 0 heterocycles. The number of carbonyl (C=O) groups is 2. The van der Waals surface area contributed by atoms with Gasteiger partial charge in [0, 0.05) is 5.41 Å². The Bertz CT molecular complexity index is 329. The van der Waals surface area contributed by atoms with E-state index in [1.807, 2.05) is 12.2 Å². The molecule has 0 aromatic heterocycles. The summed E-state index contributed by atoms with van der Waals surface area (Å²) in [6, 6.07) is 0. The van der Waals surface area contributed by atoms with E-state index in [0.29, 0.717) is 6.61 Å². The van der Waals surface area contributed by atoms with Gasteiger partial charge in [-0.3, -0.25) is 9.59 Å². The van der Waals surface area contributed by atoms with Crippen molar-refractivity contribution in [3.8, 4) is 0 Å². The van der Waals surface area contributed by atoms with E-state index in [4.69, 9.17) is 9.84 Å². The first kappa shape index (κ1) is 13.5. The van der Waals surface area contributed by atoms with E-state index in [0.717, 1.165) is 12.8 Å². The summed E-state index contributed by atoms with van der Waals surface area (Å²) in [4.78, 5) is 21.5. The average Bonchev–Trinajstić information content (AvgIpc) is 2.76. The Hall–Kier alpha value is -1.58. The maximum absolute atomic E-state index is 11.2. The maximum Gasteiger partial charge on any atom is 0.306 e. The average molecular weight is 238 g/mol. The molecule has 1 aliphatic carbocycles. The van der Waals surface area contributed by atoms with Crippen LogP contribution < -0.4 is 0 Å². The predicted octanol–water partition coefficient (Wildman–Crippen LogP) is 2.31. The standard InChI is InChI=1S/C13H18O4/c1-2-13(7-3-4-8-13)9-10-17-12(16)6-5-11(14)15/h3-4,7-8H,2,5-6,9-10H2,1H3,(H,14,15). The summed E-state index contributed by atoms with van der Waals surface area (Å²) >= 11 is 0. The highest BCUT2D eigenvalue weighted by Crippen LogP contribution is 2.33. The highest BCUT2D eigenvalue weighted by atomic mass is 16.5. The number of allylic oxidation sites excluding steroid dienone is 4. The Balaban J connectivity index is 2.23. The summed E-state index contributed by atoms with van der Waals surface area (Å²) in [5.74, 6) is -1.42. The van der Waals surface area contributed by atoms with E-state index >= 15 is 0 Å². The largest absolute Gasteiger partial charge is 0.481 e. The second-order valence-electron chi connectivity index (χ2n) is 4.17. The van der Waals surface area contributed by atoms with E-state index in [1.165, 1.54) is 0 Å². The lowest BCUT2D eigenvalue weighted by atomic mass is 9.84. The van der Waals surface area contributed by atoms with E-state index < -0.39 is 11.9 Å². The molecule has 94 valence electrons. The molecule has 0 saturated carbocycles. The van der Waals surface area contributed by atoms with Gasteiger partial charge in [-0.15, -0.1) is 0 Å². The van der Waals surface area contributed by atoms with Crippen molar-refractivity contribution >= 4 is 11.9 Å². The number of carboxylic acid groups (broad SMARTS) is 1. The fourth-order valence-corrected chi connectivity index (χ4v) is 1.77. The third-order valence-corrected chi connectivity index (χ3v) is 3.00. The summed E-state index contributed by atoms with van der Waals surface area (Å²) in [7, 11) is 0. The van der Waals surface area contributed by atoms with Crippen LogP contribution in [0.25, 0.3) is 0 Å². The molecule has 1 rings (SSSR count). The first-order valence-corrected chi connectivity index (χ1v) is 5.82. The molecule has 4 heteroatoms. The van der Waals surface area contributed by atoms with Gasteiger partial charge in [0.2, 0.25) is 0 Å². The lowest BCUT2D eigenvalue weighted by Crippen LogP contribution is -2.17. The molecule has 0 aromatic carbocycles. The number of hydrogen-bond donors (Lipinski definition) is 1. The number of esters is 1. The molecule has 0 spiro atoms. The van der Waals surface area contributed by atoms with Gasteiger partial charge in [-0.2, -0.15) is 0 Å². The fraction of sp³-hybridized carbons (Fsp3) is 0.538. The molecule has 0 bridgehead atoms. The van der Waals surface area contributed by atoms with Crippen LogP contribution in [0.1, 0.15) is 32.6 Å². The minimum absolute atomic E-state index is 0.00702. The second kappa shape index (κ2) is 6.23. The quantitative estimate of drug-likeness (QED) is 0.691. The lowest BCUT2D eigenvalue weighted by molar-refractivity contribution is -0.148. The van der Waals surface area contributed by atoms with Crippen molar-refractivity contribution in [3.05, 3.63) is 24.3 Å². The van der Waals surface area contributed by atoms with Crippen LogP contribution in [-0.4, -0.2) is 23.7 Å². The number of carbonyl (C=O) groups excluding carboxylic acids is 1. The number of aliphatic carboxylic acids is 1. The molecule has 0 aliphatic heterocycles. The van der Waals surface area contributed by atoms with Crippen molar-refractivity contribution in [2.45, 2.75) is 32.6 Å². The smallest absolute Gasteiger partial charge is 0.306 e. The van der Waals surface area contributed by atoms with Crippen LogP contribution in [0.2, 0.25) is 0 Å². The monoisotopic (exact) mass is 238 g/mol. The molecule has 1 aliphatic rings. The lowest BCUT2D eigenvalue weighted by Gasteiger charge is -2.22. The zero-order valence-electron chi connectivity index (χ0n) is 10.0. The van der Waals surface area contributed by atoms with Crippen molar-refractivity contribution in [2.24, 2.45) is 5.41 Å². The van der Waals surface area contributed by atoms with Gasteiger partial charge in [0.15, 0.2) is 0 Å². The SMILES string of the molecule is CCC1(CCOC(=O)CCC(=O)O)C=CC=C1. The van der Waals surface area contributed by atoms with Crippen LogP contribution in [0.5, 0.6) is 0 Å². The van der Waals surface area contributed by atoms with Crippen molar-refractivity contribution in [2.75, 3.05) is 6.61 Å². The Labute approximate surface area is 101 Å². The minimum atomic E-state index is -0.978. The molecular weight excluding hydrogens is 220 g/mol. The predicted molar refractivity (Wildman–Crippen MR) is 63.4 cm³/mol. The molecule has 17 heavy (non-hydrogen) atoms. The molecule has 0 fully saturated rings. The van der Waals surface area contributed by atoms with E-state index in [2.05, 4.69) is 19.1 Å². The molecule has 0 amide bonds. The topological polar surface area (TPSA) is 63.6 Å². The van der Waals surface area contributed by atoms with Gasteiger partial charge in [0.1, 0.15) is 0 Å². The molecule has 0 atom stereocenters. The number of hydrogen-bond acceptors (Lipinski definition) is 3. The number of rotatable bonds is 7. The molecule has 0 saturated heterocycles. The normalized spacial score (nSPS) is 16.1. The van der Waals surface area contributed by atoms with Gasteiger partial charge in [0.25, 0.3) is 0 Å². The van der Waals surface area contributed by atoms with Gasteiger partial charge in [-0.1, -0.05) is 31.2 Å². The molecule has 1 N–H and O–H groups in total. The summed E-state index contributed by atoms with van der Waals surface area (Å²) < 4.78 is 5.01. The van der Waals surface area contributed by atoms with Crippen molar-refractivity contribution < 1.29 is 19.4 Å². The van der Waals surface area contributed by atoms with Gasteiger partial charge >= 0.3 is 11.9 Å². The summed E-state index contributed by atoms with van der Waals surface area (Å²) in [6.07, 6.45) is 9.70. The third-order valence-electron chi connectivity index (χ3n) is 3.00. The Morgan fingerprint density at radius 1 is 1.24 bits per heavy atom. The first-order valence-electron chi connectivity index (χ1n) is 5.82. The number of ether oxygens (including phenoxy) is 1. The summed E-state index contributed by atoms with van der Waals surface area (Å²) in [6.45, 7) is 2.42. The van der Waals surface area contributed by atoms with Crippen molar-refractivity contribution in [1.29, 1.82) is 0 Å². The van der Waals surface area contributed by atoms with Gasteiger partial charge in [-0.05, 0) is 12.8 Å². The van der Waals surface area contributed by atoms with Crippen LogP contribution in [-0.2, 0) is 14.3 Å². The number of carboxylic acids is 1. The Morgan fingerprint density at radius 3 is 2.41 bits per heavy atom. The maximum atomic E-state index is 11.2. The fourth-order valence-electron chi connectivity index (χ4n) is 1.77. The van der Waals surface area contributed by atoms with Crippen LogP contribution in [0.4, 0.5) is 0 Å². The van der Waals surface area contributed by atoms with E-state index in [1.54, 1.807) is 0 Å². The van der Waals surface area contributed by atoms with Crippen molar-refractivity contribution in [1.82, 2.24) is 0 Å². The molecular formula is C13H18O4. The van der Waals surface area contributed by atoms with E-state index in [-0.39, 0.29) is 18.3 Å². The molecule has 4 nitrogen and oxygen atoms in total. The summed E-state index contributed by atoms with van der Waals surface area (Å²) in [5.41, 5.74) is 0.00702. The van der Waals surface area contributed by atoms with Gasteiger partial charge in [0.05, 0.1) is 19.4 Å². The van der Waals surface area contributed by atoms with Crippen LogP contribution in [0, 0.1) is 5.41 Å². The minimum Gasteiger partial charge on any atom is -0.481 e. The Kier molecular flexibility index (Phi) is 4.94. The van der Waals surface area contributed by atoms with Crippen molar-refractivity contribution in [3.63, 3.8) is 0 Å². The van der Waals surface area contributed by atoms with Crippen LogP contribution >= 0.6 is 0 Å². The zero-order chi connectivity index (χ0) is 12.7. The third kappa shape index (κ3) is 4.43. The highest BCUT2D eigenvalue weighted by molar-refractivity contribution is 5.76. The summed E-state index contributed by atoms with van der Waals surface area (Å²) in [5, 5.41) is 8.41. The van der Waals surface area contributed by atoms with Gasteiger partial charge < -0.3 is 9.84 Å². The molecule has 0 unspecified atom stereocenters. The first-order chi connectivity index (χ1) is 8.08. The van der Waals surface area contributed by atoms with Crippen LogP contribution in [0.15, 0.2) is 24.3 Å². The Morgan fingerprint density at radius 2 is 1.88 bits per heavy atom. The van der Waals surface area contributed by atoms with Gasteiger partial charge in [-0.25, -0.2) is 0 Å². The zero-order valence-corrected chi connectivity index (χ0v) is 10.0.